The van der Waals surface area contributed by atoms with Crippen molar-refractivity contribution in [2.24, 2.45) is 0 Å². The lowest BCUT2D eigenvalue weighted by atomic mass is 10.2. The van der Waals surface area contributed by atoms with Gasteiger partial charge in [-0.25, -0.2) is 0 Å². The molecule has 6 nitrogen and oxygen atoms in total. The van der Waals surface area contributed by atoms with Crippen LogP contribution in [-0.4, -0.2) is 38.5 Å². The van der Waals surface area contributed by atoms with Gasteiger partial charge in [-0.3, -0.25) is 4.90 Å². The van der Waals surface area contributed by atoms with Crippen molar-refractivity contribution in [3.05, 3.63) is 35.9 Å². The molecule has 120 valence electrons. The SMILES string of the molecule is c1ccc2c(c1)OC1(CCN(Cc3nnc4n3CCCC4)C1)O2. The summed E-state index contributed by atoms with van der Waals surface area (Å²) in [5.74, 6) is 3.41. The lowest BCUT2D eigenvalue weighted by molar-refractivity contribution is -0.0679. The molecular formula is C17H20N4O2. The van der Waals surface area contributed by atoms with Crippen LogP contribution in [0.25, 0.3) is 0 Å². The predicted octanol–water partition coefficient (Wildman–Crippen LogP) is 1.99. The van der Waals surface area contributed by atoms with E-state index in [9.17, 15) is 0 Å². The first-order valence-electron chi connectivity index (χ1n) is 8.42. The molecule has 0 radical (unpaired) electrons. The summed E-state index contributed by atoms with van der Waals surface area (Å²) in [5, 5.41) is 8.75. The number of aryl methyl sites for hydroxylation is 1. The Kier molecular flexibility index (Phi) is 2.88. The minimum absolute atomic E-state index is 0.519. The minimum Gasteiger partial charge on any atom is -0.447 e. The first-order chi connectivity index (χ1) is 11.3. The highest BCUT2D eigenvalue weighted by Gasteiger charge is 2.47. The quantitative estimate of drug-likeness (QED) is 0.849. The zero-order chi connectivity index (χ0) is 15.3. The summed E-state index contributed by atoms with van der Waals surface area (Å²) in [5.41, 5.74) is 0. The molecule has 4 heterocycles. The topological polar surface area (TPSA) is 52.4 Å². The molecule has 3 aliphatic rings. The average Bonchev–Trinajstić information content (AvgIpc) is 3.25. The second-order valence-electron chi connectivity index (χ2n) is 6.66. The van der Waals surface area contributed by atoms with Crippen molar-refractivity contribution in [3.8, 4) is 11.5 Å². The van der Waals surface area contributed by atoms with Crippen LogP contribution < -0.4 is 9.47 Å². The fraction of sp³-hybridized carbons (Fsp3) is 0.529. The van der Waals surface area contributed by atoms with Crippen molar-refractivity contribution in [2.75, 3.05) is 13.1 Å². The van der Waals surface area contributed by atoms with Crippen molar-refractivity contribution >= 4 is 0 Å². The van der Waals surface area contributed by atoms with E-state index >= 15 is 0 Å². The van der Waals surface area contributed by atoms with Crippen LogP contribution in [0.5, 0.6) is 11.5 Å². The van der Waals surface area contributed by atoms with Gasteiger partial charge >= 0.3 is 0 Å². The maximum Gasteiger partial charge on any atom is 0.265 e. The molecule has 1 fully saturated rings. The number of likely N-dealkylation sites (tertiary alicyclic amines) is 1. The Hall–Kier alpha value is -2.08. The van der Waals surface area contributed by atoms with Crippen LogP contribution in [0.3, 0.4) is 0 Å². The van der Waals surface area contributed by atoms with Crippen LogP contribution in [0.1, 0.15) is 30.9 Å². The lowest BCUT2D eigenvalue weighted by Gasteiger charge is -2.23. The lowest BCUT2D eigenvalue weighted by Crippen LogP contribution is -2.41. The molecule has 0 aliphatic carbocycles. The predicted molar refractivity (Wildman–Crippen MR) is 83.3 cm³/mol. The number of hydrogen-bond donors (Lipinski definition) is 0. The molecule has 6 heteroatoms. The Bertz CT molecular complexity index is 717. The molecule has 0 atom stereocenters. The number of fused-ring (bicyclic) bond motifs is 2. The summed E-state index contributed by atoms with van der Waals surface area (Å²) in [6, 6.07) is 7.91. The molecule has 1 saturated heterocycles. The largest absolute Gasteiger partial charge is 0.447 e. The van der Waals surface area contributed by atoms with Gasteiger partial charge in [0.1, 0.15) is 11.6 Å². The fourth-order valence-electron chi connectivity index (χ4n) is 3.85. The van der Waals surface area contributed by atoms with E-state index in [2.05, 4.69) is 19.7 Å². The smallest absolute Gasteiger partial charge is 0.265 e. The Labute approximate surface area is 135 Å². The second-order valence-corrected chi connectivity index (χ2v) is 6.66. The van der Waals surface area contributed by atoms with Crippen molar-refractivity contribution in [1.29, 1.82) is 0 Å². The minimum atomic E-state index is -0.519. The van der Waals surface area contributed by atoms with Gasteiger partial charge in [0.05, 0.1) is 13.1 Å². The maximum atomic E-state index is 6.11. The highest BCUT2D eigenvalue weighted by molar-refractivity contribution is 5.43. The summed E-state index contributed by atoms with van der Waals surface area (Å²) in [4.78, 5) is 2.36. The van der Waals surface area contributed by atoms with Crippen LogP contribution in [-0.2, 0) is 19.5 Å². The van der Waals surface area contributed by atoms with Crippen molar-refractivity contribution in [2.45, 2.75) is 44.6 Å². The number of hydrogen-bond acceptors (Lipinski definition) is 5. The molecule has 3 aliphatic heterocycles. The summed E-state index contributed by atoms with van der Waals surface area (Å²) in [7, 11) is 0. The van der Waals surface area contributed by atoms with Crippen LogP contribution in [0.4, 0.5) is 0 Å². The first-order valence-corrected chi connectivity index (χ1v) is 8.42. The third-order valence-electron chi connectivity index (χ3n) is 5.02. The van der Waals surface area contributed by atoms with E-state index in [0.717, 1.165) is 62.2 Å². The molecule has 0 bridgehead atoms. The molecule has 5 rings (SSSR count). The van der Waals surface area contributed by atoms with Crippen LogP contribution in [0, 0.1) is 0 Å². The molecule has 2 aromatic rings. The fourth-order valence-corrected chi connectivity index (χ4v) is 3.85. The van der Waals surface area contributed by atoms with Crippen LogP contribution >= 0.6 is 0 Å². The molecule has 0 unspecified atom stereocenters. The van der Waals surface area contributed by atoms with E-state index in [0.29, 0.717) is 0 Å². The van der Waals surface area contributed by atoms with Crippen molar-refractivity contribution < 1.29 is 9.47 Å². The standard InChI is InChI=1S/C17H20N4O2/c1-2-6-14-13(5-1)22-17(23-14)8-10-20(12-17)11-16-19-18-15-7-3-4-9-21(15)16/h1-2,5-6H,3-4,7-12H2. The third kappa shape index (κ3) is 2.20. The zero-order valence-electron chi connectivity index (χ0n) is 13.1. The van der Waals surface area contributed by atoms with Gasteiger partial charge in [0.25, 0.3) is 5.79 Å². The van der Waals surface area contributed by atoms with Gasteiger partial charge < -0.3 is 14.0 Å². The normalized spacial score (nSPS) is 21.7. The van der Waals surface area contributed by atoms with Gasteiger partial charge in [-0.05, 0) is 25.0 Å². The van der Waals surface area contributed by atoms with Crippen molar-refractivity contribution in [1.82, 2.24) is 19.7 Å². The van der Waals surface area contributed by atoms with Crippen LogP contribution in [0.15, 0.2) is 24.3 Å². The van der Waals surface area contributed by atoms with E-state index < -0.39 is 5.79 Å². The number of nitrogens with zero attached hydrogens (tertiary/aromatic N) is 4. The van der Waals surface area contributed by atoms with Gasteiger partial charge in [0.15, 0.2) is 11.5 Å². The van der Waals surface area contributed by atoms with Gasteiger partial charge in [-0.2, -0.15) is 0 Å². The number of para-hydroxylation sites is 2. The van der Waals surface area contributed by atoms with Gasteiger partial charge in [-0.1, -0.05) is 12.1 Å². The average molecular weight is 312 g/mol. The molecular weight excluding hydrogens is 292 g/mol. The Morgan fingerprint density at radius 3 is 2.70 bits per heavy atom. The number of aromatic nitrogens is 3. The Morgan fingerprint density at radius 1 is 1.04 bits per heavy atom. The molecule has 0 N–H and O–H groups in total. The summed E-state index contributed by atoms with van der Waals surface area (Å²) in [6.07, 6.45) is 4.38. The number of rotatable bonds is 2. The number of benzene rings is 1. The van der Waals surface area contributed by atoms with E-state index in [1.807, 2.05) is 24.3 Å². The molecule has 1 spiro atoms. The molecule has 23 heavy (non-hydrogen) atoms. The zero-order valence-corrected chi connectivity index (χ0v) is 13.1. The molecule has 1 aromatic carbocycles. The summed E-state index contributed by atoms with van der Waals surface area (Å²) >= 11 is 0. The van der Waals surface area contributed by atoms with Crippen molar-refractivity contribution in [3.63, 3.8) is 0 Å². The Morgan fingerprint density at radius 2 is 1.87 bits per heavy atom. The third-order valence-corrected chi connectivity index (χ3v) is 5.02. The van der Waals surface area contributed by atoms with Crippen LogP contribution in [0.2, 0.25) is 0 Å². The Balaban J connectivity index is 1.31. The van der Waals surface area contributed by atoms with E-state index in [1.165, 1.54) is 12.8 Å². The van der Waals surface area contributed by atoms with E-state index in [-0.39, 0.29) is 0 Å². The monoisotopic (exact) mass is 312 g/mol. The second kappa shape index (κ2) is 4.96. The highest BCUT2D eigenvalue weighted by atomic mass is 16.7. The summed E-state index contributed by atoms with van der Waals surface area (Å²) in [6.45, 7) is 3.59. The summed E-state index contributed by atoms with van der Waals surface area (Å²) < 4.78 is 14.5. The highest BCUT2D eigenvalue weighted by Crippen LogP contribution is 2.43. The van der Waals surface area contributed by atoms with Gasteiger partial charge in [0, 0.05) is 25.9 Å². The van der Waals surface area contributed by atoms with Gasteiger partial charge in [0.2, 0.25) is 0 Å². The van der Waals surface area contributed by atoms with E-state index in [4.69, 9.17) is 9.47 Å². The van der Waals surface area contributed by atoms with Gasteiger partial charge in [-0.15, -0.1) is 10.2 Å². The first kappa shape index (κ1) is 13.4. The molecule has 0 amide bonds. The molecule has 1 aromatic heterocycles. The maximum absolute atomic E-state index is 6.11. The van der Waals surface area contributed by atoms with E-state index in [1.54, 1.807) is 0 Å². The molecule has 0 saturated carbocycles. The number of ether oxygens (including phenoxy) is 2.